The second-order valence-electron chi connectivity index (χ2n) is 6.29. The van der Waals surface area contributed by atoms with E-state index in [4.69, 9.17) is 4.74 Å². The number of rotatable bonds is 8. The summed E-state index contributed by atoms with van der Waals surface area (Å²) < 4.78 is 18.3. The molecule has 0 aliphatic carbocycles. The minimum absolute atomic E-state index is 0.110. The zero-order valence-electron chi connectivity index (χ0n) is 16.7. The van der Waals surface area contributed by atoms with Gasteiger partial charge in [0.05, 0.1) is 18.3 Å². The number of aliphatic imine (C=N–C) groups is 1. The molecule has 1 heterocycles. The molecule has 0 aliphatic heterocycles. The topological polar surface area (TPSA) is 75.6 Å². The molecule has 28 heavy (non-hydrogen) atoms. The highest BCUT2D eigenvalue weighted by Crippen LogP contribution is 2.24. The SMILES string of the molecule is CCOC(=O)c1sc(C(C)NC(=NC)NCCCc2cccc(F)c2)nc1C. The highest BCUT2D eigenvalue weighted by Gasteiger charge is 2.20. The van der Waals surface area contributed by atoms with Crippen LogP contribution in [0.2, 0.25) is 0 Å². The molecule has 0 saturated heterocycles. The van der Waals surface area contributed by atoms with E-state index in [0.717, 1.165) is 23.4 Å². The number of benzene rings is 1. The van der Waals surface area contributed by atoms with E-state index in [1.165, 1.54) is 17.4 Å². The van der Waals surface area contributed by atoms with Crippen LogP contribution in [0.3, 0.4) is 0 Å². The lowest BCUT2D eigenvalue weighted by atomic mass is 10.1. The molecule has 2 N–H and O–H groups in total. The van der Waals surface area contributed by atoms with Gasteiger partial charge in [0.15, 0.2) is 5.96 Å². The number of carbonyl (C=O) groups excluding carboxylic acids is 1. The van der Waals surface area contributed by atoms with E-state index in [9.17, 15) is 9.18 Å². The fraction of sp³-hybridized carbons (Fsp3) is 0.450. The third-order valence-electron chi connectivity index (χ3n) is 4.04. The molecule has 0 aliphatic rings. The number of ether oxygens (including phenoxy) is 1. The second-order valence-corrected chi connectivity index (χ2v) is 7.32. The van der Waals surface area contributed by atoms with Crippen LogP contribution in [0.25, 0.3) is 0 Å². The molecule has 0 radical (unpaired) electrons. The Morgan fingerprint density at radius 1 is 1.43 bits per heavy atom. The van der Waals surface area contributed by atoms with Crippen molar-refractivity contribution in [2.75, 3.05) is 20.2 Å². The van der Waals surface area contributed by atoms with Crippen LogP contribution in [0.15, 0.2) is 29.3 Å². The average Bonchev–Trinajstić information content (AvgIpc) is 3.06. The Morgan fingerprint density at radius 2 is 2.21 bits per heavy atom. The van der Waals surface area contributed by atoms with E-state index in [1.54, 1.807) is 33.0 Å². The van der Waals surface area contributed by atoms with E-state index in [1.807, 2.05) is 13.0 Å². The van der Waals surface area contributed by atoms with Crippen LogP contribution < -0.4 is 10.6 Å². The molecule has 1 atom stereocenters. The monoisotopic (exact) mass is 406 g/mol. The number of aromatic nitrogens is 1. The van der Waals surface area contributed by atoms with Gasteiger partial charge in [-0.05, 0) is 51.3 Å². The van der Waals surface area contributed by atoms with Gasteiger partial charge < -0.3 is 15.4 Å². The maximum atomic E-state index is 13.2. The second kappa shape index (κ2) is 10.8. The zero-order valence-corrected chi connectivity index (χ0v) is 17.5. The Morgan fingerprint density at radius 3 is 2.89 bits per heavy atom. The fourth-order valence-corrected chi connectivity index (χ4v) is 3.60. The molecule has 8 heteroatoms. The van der Waals surface area contributed by atoms with Crippen molar-refractivity contribution in [2.24, 2.45) is 4.99 Å². The van der Waals surface area contributed by atoms with Crippen LogP contribution in [0.5, 0.6) is 0 Å². The van der Waals surface area contributed by atoms with Crippen molar-refractivity contribution < 1.29 is 13.9 Å². The van der Waals surface area contributed by atoms with E-state index in [0.29, 0.717) is 29.7 Å². The zero-order chi connectivity index (χ0) is 20.5. The highest BCUT2D eigenvalue weighted by atomic mass is 32.1. The van der Waals surface area contributed by atoms with E-state index >= 15 is 0 Å². The molecule has 0 bridgehead atoms. The van der Waals surface area contributed by atoms with Gasteiger partial charge in [-0.15, -0.1) is 11.3 Å². The van der Waals surface area contributed by atoms with Gasteiger partial charge in [0.2, 0.25) is 0 Å². The van der Waals surface area contributed by atoms with Gasteiger partial charge in [-0.1, -0.05) is 12.1 Å². The van der Waals surface area contributed by atoms with Crippen LogP contribution in [0.1, 0.15) is 52.2 Å². The average molecular weight is 407 g/mol. The summed E-state index contributed by atoms with van der Waals surface area (Å²) in [6, 6.07) is 6.54. The lowest BCUT2D eigenvalue weighted by Gasteiger charge is -2.16. The van der Waals surface area contributed by atoms with Gasteiger partial charge in [0, 0.05) is 13.6 Å². The van der Waals surface area contributed by atoms with E-state index in [2.05, 4.69) is 20.6 Å². The summed E-state index contributed by atoms with van der Waals surface area (Å²) in [6.45, 7) is 6.59. The summed E-state index contributed by atoms with van der Waals surface area (Å²) >= 11 is 1.33. The van der Waals surface area contributed by atoms with Gasteiger partial charge >= 0.3 is 5.97 Å². The quantitative estimate of drug-likeness (QED) is 0.303. The largest absolute Gasteiger partial charge is 0.462 e. The Hall–Kier alpha value is -2.48. The first-order valence-electron chi connectivity index (χ1n) is 9.30. The molecular formula is C20H27FN4O2S. The molecule has 2 rings (SSSR count). The Kier molecular flexibility index (Phi) is 8.38. The molecule has 1 aromatic heterocycles. The third kappa shape index (κ3) is 6.30. The van der Waals surface area contributed by atoms with Gasteiger partial charge in [-0.3, -0.25) is 4.99 Å². The van der Waals surface area contributed by atoms with E-state index in [-0.39, 0.29) is 17.8 Å². The Bertz CT molecular complexity index is 822. The molecule has 1 aromatic carbocycles. The minimum atomic E-state index is -0.337. The summed E-state index contributed by atoms with van der Waals surface area (Å²) in [5, 5.41) is 7.32. The van der Waals surface area contributed by atoms with Crippen molar-refractivity contribution in [3.63, 3.8) is 0 Å². The predicted molar refractivity (Wildman–Crippen MR) is 110 cm³/mol. The van der Waals surface area contributed by atoms with Crippen LogP contribution >= 0.6 is 11.3 Å². The number of nitrogens with one attached hydrogen (secondary N) is 2. The number of hydrogen-bond acceptors (Lipinski definition) is 5. The number of carbonyl (C=O) groups is 1. The summed E-state index contributed by atoms with van der Waals surface area (Å²) in [7, 11) is 1.70. The first kappa shape index (κ1) is 21.8. The van der Waals surface area contributed by atoms with E-state index < -0.39 is 0 Å². The number of aryl methyl sites for hydroxylation is 2. The molecule has 152 valence electrons. The van der Waals surface area contributed by atoms with Crippen LogP contribution in [0.4, 0.5) is 4.39 Å². The Balaban J connectivity index is 1.85. The van der Waals surface area contributed by atoms with Crippen LogP contribution in [0, 0.1) is 12.7 Å². The minimum Gasteiger partial charge on any atom is -0.462 e. The predicted octanol–water partition coefficient (Wildman–Crippen LogP) is 3.63. The lowest BCUT2D eigenvalue weighted by Crippen LogP contribution is -2.39. The molecule has 2 aromatic rings. The summed E-state index contributed by atoms with van der Waals surface area (Å²) in [5.41, 5.74) is 1.65. The molecule has 0 fully saturated rings. The number of thiazole rings is 1. The number of hydrogen-bond donors (Lipinski definition) is 2. The molecule has 6 nitrogen and oxygen atoms in total. The van der Waals surface area contributed by atoms with Crippen molar-refractivity contribution >= 4 is 23.3 Å². The lowest BCUT2D eigenvalue weighted by molar-refractivity contribution is 0.0531. The van der Waals surface area contributed by atoms with Crippen molar-refractivity contribution in [3.8, 4) is 0 Å². The first-order chi connectivity index (χ1) is 13.4. The maximum absolute atomic E-state index is 13.2. The van der Waals surface area contributed by atoms with Crippen molar-refractivity contribution in [3.05, 3.63) is 51.2 Å². The Labute approximate surface area is 169 Å². The fourth-order valence-electron chi connectivity index (χ4n) is 2.64. The molecular weight excluding hydrogens is 379 g/mol. The normalized spacial score (nSPS) is 12.5. The number of halogens is 1. The van der Waals surface area contributed by atoms with Gasteiger partial charge in [0.1, 0.15) is 15.7 Å². The highest BCUT2D eigenvalue weighted by molar-refractivity contribution is 7.13. The first-order valence-corrected chi connectivity index (χ1v) is 10.1. The number of guanidine groups is 1. The number of nitrogens with zero attached hydrogens (tertiary/aromatic N) is 2. The smallest absolute Gasteiger partial charge is 0.350 e. The third-order valence-corrected chi connectivity index (χ3v) is 5.37. The standard InChI is InChI=1S/C20H27FN4O2S/c1-5-27-19(26)17-13(2)24-18(28-17)14(3)25-20(22-4)23-11-7-9-15-8-6-10-16(21)12-15/h6,8,10,12,14H,5,7,9,11H2,1-4H3,(H2,22,23,25). The number of esters is 1. The van der Waals surface area contributed by atoms with Crippen molar-refractivity contribution in [1.29, 1.82) is 0 Å². The van der Waals surface area contributed by atoms with Crippen molar-refractivity contribution in [2.45, 2.75) is 39.7 Å². The molecule has 0 saturated carbocycles. The molecule has 0 spiro atoms. The van der Waals surface area contributed by atoms with Gasteiger partial charge in [-0.2, -0.15) is 0 Å². The molecule has 1 unspecified atom stereocenters. The summed E-state index contributed by atoms with van der Waals surface area (Å²) in [5.74, 6) is 0.103. The van der Waals surface area contributed by atoms with Crippen LogP contribution in [-0.4, -0.2) is 37.1 Å². The van der Waals surface area contributed by atoms with Gasteiger partial charge in [-0.25, -0.2) is 14.2 Å². The van der Waals surface area contributed by atoms with Gasteiger partial charge in [0.25, 0.3) is 0 Å². The maximum Gasteiger partial charge on any atom is 0.350 e. The van der Waals surface area contributed by atoms with Crippen molar-refractivity contribution in [1.82, 2.24) is 15.6 Å². The van der Waals surface area contributed by atoms with Crippen LogP contribution in [-0.2, 0) is 11.2 Å². The molecule has 0 amide bonds. The summed E-state index contributed by atoms with van der Waals surface area (Å²) in [4.78, 5) is 21.2. The summed E-state index contributed by atoms with van der Waals surface area (Å²) in [6.07, 6.45) is 1.63.